The third kappa shape index (κ3) is 3.67. The maximum absolute atomic E-state index is 13.2. The average molecular weight is 449 g/mol. The number of benzene rings is 3. The summed E-state index contributed by atoms with van der Waals surface area (Å²) in [5.41, 5.74) is 2.29. The molecule has 0 atom stereocenters. The third-order valence-corrected chi connectivity index (χ3v) is 7.98. The molecule has 0 radical (unpaired) electrons. The van der Waals surface area contributed by atoms with Gasteiger partial charge in [0.15, 0.2) is 5.76 Å². The number of aryl methyl sites for hydroxylation is 1. The molecule has 5 rings (SSSR count). The van der Waals surface area contributed by atoms with Crippen molar-refractivity contribution in [2.24, 2.45) is 0 Å². The summed E-state index contributed by atoms with van der Waals surface area (Å²) in [6.07, 6.45) is 0. The van der Waals surface area contributed by atoms with Crippen LogP contribution in [0.5, 0.6) is 0 Å². The maximum atomic E-state index is 13.2. The fourth-order valence-electron chi connectivity index (χ4n) is 4.34. The van der Waals surface area contributed by atoms with Crippen LogP contribution in [0.3, 0.4) is 0 Å². The molecule has 0 bridgehead atoms. The molecule has 0 saturated carbocycles. The summed E-state index contributed by atoms with van der Waals surface area (Å²) in [6, 6.07) is 21.1. The number of nitrogens with zero attached hydrogens (tertiary/aromatic N) is 2. The van der Waals surface area contributed by atoms with Crippen molar-refractivity contribution in [2.45, 2.75) is 12.7 Å². The summed E-state index contributed by atoms with van der Waals surface area (Å²) in [5.74, 6) is 0.109. The number of hydrogen-bond donors (Lipinski definition) is 0. The number of sulfonamides is 1. The molecule has 0 unspecified atom stereocenters. The summed E-state index contributed by atoms with van der Waals surface area (Å²) in [6.45, 7) is 3.13. The highest BCUT2D eigenvalue weighted by molar-refractivity contribution is 7.88. The fourth-order valence-corrected chi connectivity index (χ4v) is 5.86. The summed E-state index contributed by atoms with van der Waals surface area (Å²) >= 11 is 0. The first-order valence-electron chi connectivity index (χ1n) is 10.7. The van der Waals surface area contributed by atoms with Crippen molar-refractivity contribution in [2.75, 3.05) is 26.2 Å². The number of piperazine rings is 1. The normalized spacial score (nSPS) is 15.5. The Bertz CT molecular complexity index is 1400. The summed E-state index contributed by atoms with van der Waals surface area (Å²) < 4.78 is 33.2. The topological polar surface area (TPSA) is 70.8 Å². The van der Waals surface area contributed by atoms with E-state index in [0.717, 1.165) is 27.3 Å². The molecule has 7 heteroatoms. The second kappa shape index (κ2) is 8.07. The molecular formula is C25H24N2O4S. The standard InChI is InChI=1S/C25H24N2O4S/c1-18-21-12-11-20-9-5-6-10-22(20)24(21)31-23(18)25(28)26-13-15-27(16-14-26)32(29,30)17-19-7-3-2-4-8-19/h2-12H,13-17H2,1H3. The highest BCUT2D eigenvalue weighted by Gasteiger charge is 2.31. The van der Waals surface area contributed by atoms with E-state index < -0.39 is 10.0 Å². The Morgan fingerprint density at radius 3 is 2.31 bits per heavy atom. The van der Waals surface area contributed by atoms with Gasteiger partial charge in [0.05, 0.1) is 5.75 Å². The smallest absolute Gasteiger partial charge is 0.289 e. The molecule has 4 aromatic rings. The molecule has 0 aliphatic carbocycles. The number of furan rings is 1. The van der Waals surface area contributed by atoms with Gasteiger partial charge in [-0.3, -0.25) is 4.79 Å². The van der Waals surface area contributed by atoms with Crippen LogP contribution < -0.4 is 0 Å². The van der Waals surface area contributed by atoms with Crippen molar-refractivity contribution < 1.29 is 17.6 Å². The minimum Gasteiger partial charge on any atom is -0.450 e. The molecule has 0 spiro atoms. The van der Waals surface area contributed by atoms with E-state index in [1.54, 1.807) is 4.90 Å². The molecule has 1 aliphatic rings. The molecule has 164 valence electrons. The van der Waals surface area contributed by atoms with Crippen molar-refractivity contribution >= 4 is 37.7 Å². The van der Waals surface area contributed by atoms with Gasteiger partial charge in [0.2, 0.25) is 10.0 Å². The van der Waals surface area contributed by atoms with Gasteiger partial charge in [-0.15, -0.1) is 0 Å². The first-order chi connectivity index (χ1) is 15.4. The van der Waals surface area contributed by atoms with Crippen molar-refractivity contribution in [1.29, 1.82) is 0 Å². The third-order valence-electron chi connectivity index (χ3n) is 6.13. The zero-order valence-corrected chi connectivity index (χ0v) is 18.6. The molecule has 1 fully saturated rings. The molecular weight excluding hydrogens is 424 g/mol. The fraction of sp³-hybridized carbons (Fsp3) is 0.240. The lowest BCUT2D eigenvalue weighted by atomic mass is 10.1. The summed E-state index contributed by atoms with van der Waals surface area (Å²) in [5, 5.41) is 2.96. The molecule has 6 nitrogen and oxygen atoms in total. The zero-order chi connectivity index (χ0) is 22.3. The van der Waals surface area contributed by atoms with Gasteiger partial charge in [0, 0.05) is 42.5 Å². The van der Waals surface area contributed by atoms with Crippen LogP contribution in [-0.2, 0) is 15.8 Å². The van der Waals surface area contributed by atoms with Crippen molar-refractivity contribution in [3.63, 3.8) is 0 Å². The number of rotatable bonds is 4. The van der Waals surface area contributed by atoms with Gasteiger partial charge in [-0.2, -0.15) is 4.31 Å². The Morgan fingerprint density at radius 2 is 1.56 bits per heavy atom. The Kier molecular flexibility index (Phi) is 5.23. The van der Waals surface area contributed by atoms with E-state index in [1.165, 1.54) is 4.31 Å². The van der Waals surface area contributed by atoms with E-state index in [0.29, 0.717) is 24.4 Å². The molecule has 1 amide bonds. The van der Waals surface area contributed by atoms with Crippen molar-refractivity contribution in [3.05, 3.63) is 83.6 Å². The van der Waals surface area contributed by atoms with Gasteiger partial charge >= 0.3 is 0 Å². The lowest BCUT2D eigenvalue weighted by Gasteiger charge is -2.33. The lowest BCUT2D eigenvalue weighted by Crippen LogP contribution is -2.50. The number of amides is 1. The molecule has 1 saturated heterocycles. The number of hydrogen-bond acceptors (Lipinski definition) is 4. The predicted octanol–water partition coefficient (Wildman–Crippen LogP) is 4.18. The largest absolute Gasteiger partial charge is 0.450 e. The molecule has 2 heterocycles. The number of carbonyl (C=O) groups excluding carboxylic acids is 1. The van der Waals surface area contributed by atoms with Gasteiger partial charge in [0.1, 0.15) is 5.58 Å². The van der Waals surface area contributed by atoms with Gasteiger partial charge in [-0.25, -0.2) is 8.42 Å². The SMILES string of the molecule is Cc1c(C(=O)N2CCN(S(=O)(=O)Cc3ccccc3)CC2)oc2c1ccc1ccccc12. The molecule has 3 aromatic carbocycles. The van der Waals surface area contributed by atoms with Crippen LogP contribution in [0.4, 0.5) is 0 Å². The second-order valence-electron chi connectivity index (χ2n) is 8.15. The first kappa shape index (κ1) is 20.7. The van der Waals surface area contributed by atoms with Crippen LogP contribution in [0, 0.1) is 6.92 Å². The Labute approximate surface area is 187 Å². The second-order valence-corrected chi connectivity index (χ2v) is 10.1. The lowest BCUT2D eigenvalue weighted by molar-refractivity contribution is 0.0667. The first-order valence-corrected chi connectivity index (χ1v) is 12.3. The maximum Gasteiger partial charge on any atom is 0.289 e. The predicted molar refractivity (Wildman–Crippen MR) is 125 cm³/mol. The molecule has 1 aromatic heterocycles. The highest BCUT2D eigenvalue weighted by Crippen LogP contribution is 2.32. The Hall–Kier alpha value is -3.16. The van der Waals surface area contributed by atoms with Gasteiger partial charge < -0.3 is 9.32 Å². The van der Waals surface area contributed by atoms with Crippen molar-refractivity contribution in [3.8, 4) is 0 Å². The monoisotopic (exact) mass is 448 g/mol. The summed E-state index contributed by atoms with van der Waals surface area (Å²) in [4.78, 5) is 14.9. The molecule has 0 N–H and O–H groups in total. The average Bonchev–Trinajstić information content (AvgIpc) is 3.16. The number of fused-ring (bicyclic) bond motifs is 3. The Balaban J connectivity index is 1.34. The zero-order valence-electron chi connectivity index (χ0n) is 17.8. The van der Waals surface area contributed by atoms with Crippen LogP contribution in [0.25, 0.3) is 21.7 Å². The Morgan fingerprint density at radius 1 is 0.875 bits per heavy atom. The van der Waals surface area contributed by atoms with E-state index in [9.17, 15) is 13.2 Å². The van der Waals surface area contributed by atoms with Gasteiger partial charge in [0.25, 0.3) is 5.91 Å². The van der Waals surface area contributed by atoms with E-state index in [-0.39, 0.29) is 24.7 Å². The van der Waals surface area contributed by atoms with Crippen LogP contribution in [0.15, 0.2) is 71.1 Å². The minimum atomic E-state index is -3.43. The van der Waals surface area contributed by atoms with E-state index in [1.807, 2.05) is 73.7 Å². The van der Waals surface area contributed by atoms with Crippen LogP contribution in [0.1, 0.15) is 21.7 Å². The van der Waals surface area contributed by atoms with Gasteiger partial charge in [-0.1, -0.05) is 66.7 Å². The van der Waals surface area contributed by atoms with Crippen LogP contribution in [0.2, 0.25) is 0 Å². The minimum absolute atomic E-state index is 0.0302. The van der Waals surface area contributed by atoms with E-state index in [4.69, 9.17) is 4.42 Å². The van der Waals surface area contributed by atoms with Crippen LogP contribution in [-0.4, -0.2) is 49.7 Å². The van der Waals surface area contributed by atoms with Crippen molar-refractivity contribution in [1.82, 2.24) is 9.21 Å². The van der Waals surface area contributed by atoms with E-state index >= 15 is 0 Å². The van der Waals surface area contributed by atoms with Crippen LogP contribution >= 0.6 is 0 Å². The summed E-state index contributed by atoms with van der Waals surface area (Å²) in [7, 11) is -3.43. The quantitative estimate of drug-likeness (QED) is 0.470. The molecule has 1 aliphatic heterocycles. The highest BCUT2D eigenvalue weighted by atomic mass is 32.2. The van der Waals surface area contributed by atoms with Gasteiger partial charge in [-0.05, 0) is 17.9 Å². The molecule has 32 heavy (non-hydrogen) atoms. The van der Waals surface area contributed by atoms with E-state index in [2.05, 4.69) is 0 Å². The number of carbonyl (C=O) groups is 1.